The number of hydrogen-bond donors (Lipinski definition) is 1. The third kappa shape index (κ3) is 2.15. The van der Waals surface area contributed by atoms with Gasteiger partial charge in [0.25, 0.3) is 0 Å². The molecule has 2 N–H and O–H groups in total. The highest BCUT2D eigenvalue weighted by molar-refractivity contribution is 6.32. The Hall–Kier alpha value is -2.08. The number of rotatable bonds is 3. The molecule has 2 heterocycles. The van der Waals surface area contributed by atoms with E-state index < -0.39 is 0 Å². The molecule has 0 aliphatic heterocycles. The van der Waals surface area contributed by atoms with Gasteiger partial charge >= 0.3 is 0 Å². The standard InChI is InChI=1S/C14H15ClFN5/c1-3-4-10-12-13(20(2)19-10)21(14(17)18-12)11-7-8(16)5-6-9(11)15/h5-7H,3-4H2,1-2H3,(H2,17,18). The highest BCUT2D eigenvalue weighted by Gasteiger charge is 2.20. The van der Waals surface area contributed by atoms with Crippen molar-refractivity contribution in [1.82, 2.24) is 19.3 Å². The van der Waals surface area contributed by atoms with Crippen LogP contribution in [0.4, 0.5) is 10.3 Å². The lowest BCUT2D eigenvalue weighted by molar-refractivity contribution is 0.626. The van der Waals surface area contributed by atoms with E-state index >= 15 is 0 Å². The Morgan fingerprint density at radius 3 is 2.86 bits per heavy atom. The van der Waals surface area contributed by atoms with Gasteiger partial charge in [-0.25, -0.2) is 14.1 Å². The van der Waals surface area contributed by atoms with Crippen molar-refractivity contribution in [3.8, 4) is 5.69 Å². The van der Waals surface area contributed by atoms with E-state index in [1.807, 2.05) is 7.05 Å². The lowest BCUT2D eigenvalue weighted by Crippen LogP contribution is -2.06. The second kappa shape index (κ2) is 5.04. The summed E-state index contributed by atoms with van der Waals surface area (Å²) in [7, 11) is 1.81. The summed E-state index contributed by atoms with van der Waals surface area (Å²) in [6, 6.07) is 4.15. The van der Waals surface area contributed by atoms with Gasteiger partial charge in [0.2, 0.25) is 5.95 Å². The van der Waals surface area contributed by atoms with Gasteiger partial charge < -0.3 is 5.73 Å². The highest BCUT2D eigenvalue weighted by atomic mass is 35.5. The molecule has 0 atom stereocenters. The van der Waals surface area contributed by atoms with E-state index in [1.54, 1.807) is 9.25 Å². The third-order valence-corrected chi connectivity index (χ3v) is 3.69. The van der Waals surface area contributed by atoms with Crippen LogP contribution in [0.15, 0.2) is 18.2 Å². The molecule has 1 aromatic carbocycles. The number of nitrogens with zero attached hydrogens (tertiary/aromatic N) is 4. The van der Waals surface area contributed by atoms with E-state index in [0.29, 0.717) is 16.4 Å². The highest BCUT2D eigenvalue weighted by Crippen LogP contribution is 2.30. The van der Waals surface area contributed by atoms with Crippen LogP contribution in [-0.4, -0.2) is 19.3 Å². The minimum atomic E-state index is -0.383. The molecule has 3 rings (SSSR count). The number of aromatic nitrogens is 4. The van der Waals surface area contributed by atoms with Crippen molar-refractivity contribution >= 4 is 28.7 Å². The summed E-state index contributed by atoms with van der Waals surface area (Å²) in [6.45, 7) is 2.07. The number of imidazole rings is 1. The van der Waals surface area contributed by atoms with Crippen molar-refractivity contribution in [3.05, 3.63) is 34.7 Å². The summed E-state index contributed by atoms with van der Waals surface area (Å²) < 4.78 is 16.9. The van der Waals surface area contributed by atoms with Gasteiger partial charge in [-0.15, -0.1) is 0 Å². The minimum Gasteiger partial charge on any atom is -0.369 e. The molecule has 0 bridgehead atoms. The Morgan fingerprint density at radius 1 is 1.38 bits per heavy atom. The van der Waals surface area contributed by atoms with E-state index in [-0.39, 0.29) is 11.8 Å². The van der Waals surface area contributed by atoms with Crippen molar-refractivity contribution < 1.29 is 4.39 Å². The van der Waals surface area contributed by atoms with Crippen LogP contribution in [0.3, 0.4) is 0 Å². The summed E-state index contributed by atoms with van der Waals surface area (Å²) in [6.07, 6.45) is 1.77. The lowest BCUT2D eigenvalue weighted by atomic mass is 10.2. The molecule has 7 heteroatoms. The van der Waals surface area contributed by atoms with E-state index in [2.05, 4.69) is 17.0 Å². The molecule has 0 aliphatic carbocycles. The maximum absolute atomic E-state index is 13.5. The summed E-state index contributed by atoms with van der Waals surface area (Å²) in [5.41, 5.74) is 8.80. The maximum Gasteiger partial charge on any atom is 0.207 e. The van der Waals surface area contributed by atoms with Crippen molar-refractivity contribution in [2.24, 2.45) is 7.05 Å². The SMILES string of the molecule is CCCc1nn(C)c2c1nc(N)n2-c1cc(F)ccc1Cl. The van der Waals surface area contributed by atoms with Crippen LogP contribution in [-0.2, 0) is 13.5 Å². The first-order valence-electron chi connectivity index (χ1n) is 6.68. The zero-order valence-electron chi connectivity index (χ0n) is 11.8. The van der Waals surface area contributed by atoms with Crippen LogP contribution in [0.1, 0.15) is 19.0 Å². The topological polar surface area (TPSA) is 61.7 Å². The number of aryl methyl sites for hydroxylation is 2. The first-order valence-corrected chi connectivity index (χ1v) is 7.06. The van der Waals surface area contributed by atoms with Crippen LogP contribution in [0.25, 0.3) is 16.9 Å². The molecule has 5 nitrogen and oxygen atoms in total. The van der Waals surface area contributed by atoms with E-state index in [0.717, 1.165) is 24.1 Å². The number of fused-ring (bicyclic) bond motifs is 1. The number of benzene rings is 1. The van der Waals surface area contributed by atoms with Gasteiger partial charge in [-0.2, -0.15) is 5.10 Å². The lowest BCUT2D eigenvalue weighted by Gasteiger charge is -2.09. The molecule has 2 aromatic heterocycles. The first-order chi connectivity index (χ1) is 10.0. The molecule has 0 aliphatic rings. The second-order valence-corrected chi connectivity index (χ2v) is 5.30. The monoisotopic (exact) mass is 307 g/mol. The Balaban J connectivity index is 2.32. The minimum absolute atomic E-state index is 0.267. The van der Waals surface area contributed by atoms with E-state index in [9.17, 15) is 4.39 Å². The van der Waals surface area contributed by atoms with Crippen LogP contribution >= 0.6 is 11.6 Å². The Morgan fingerprint density at radius 2 is 2.14 bits per heavy atom. The molecular formula is C14H15ClFN5. The van der Waals surface area contributed by atoms with Crippen molar-refractivity contribution in [3.63, 3.8) is 0 Å². The van der Waals surface area contributed by atoms with Gasteiger partial charge in [0, 0.05) is 7.05 Å². The van der Waals surface area contributed by atoms with Crippen LogP contribution in [0, 0.1) is 5.82 Å². The number of anilines is 1. The molecular weight excluding hydrogens is 293 g/mol. The van der Waals surface area contributed by atoms with Crippen LogP contribution in [0.2, 0.25) is 5.02 Å². The summed E-state index contributed by atoms with van der Waals surface area (Å²) in [5.74, 6) is -0.116. The van der Waals surface area contributed by atoms with Gasteiger partial charge in [-0.1, -0.05) is 24.9 Å². The molecule has 0 unspecified atom stereocenters. The van der Waals surface area contributed by atoms with E-state index in [4.69, 9.17) is 17.3 Å². The van der Waals surface area contributed by atoms with Gasteiger partial charge in [-0.05, 0) is 24.6 Å². The number of nitrogen functional groups attached to an aromatic ring is 1. The molecule has 0 radical (unpaired) electrons. The summed E-state index contributed by atoms with van der Waals surface area (Å²) in [5, 5.41) is 4.86. The van der Waals surface area contributed by atoms with Crippen molar-refractivity contribution in [2.75, 3.05) is 5.73 Å². The normalized spacial score (nSPS) is 11.4. The largest absolute Gasteiger partial charge is 0.369 e. The second-order valence-electron chi connectivity index (χ2n) is 4.89. The number of halogens is 2. The van der Waals surface area contributed by atoms with E-state index in [1.165, 1.54) is 18.2 Å². The molecule has 0 amide bonds. The molecule has 110 valence electrons. The summed E-state index contributed by atoms with van der Waals surface area (Å²) in [4.78, 5) is 4.38. The Labute approximate surface area is 126 Å². The maximum atomic E-state index is 13.5. The molecule has 0 fully saturated rings. The predicted octanol–water partition coefficient (Wildman–Crippen LogP) is 3.09. The number of hydrogen-bond acceptors (Lipinski definition) is 3. The van der Waals surface area contributed by atoms with Crippen molar-refractivity contribution in [2.45, 2.75) is 19.8 Å². The van der Waals surface area contributed by atoms with Crippen molar-refractivity contribution in [1.29, 1.82) is 0 Å². The fourth-order valence-corrected chi connectivity index (χ4v) is 2.70. The average Bonchev–Trinajstić information content (AvgIpc) is 2.91. The van der Waals surface area contributed by atoms with Gasteiger partial charge in [0.1, 0.15) is 11.3 Å². The molecule has 0 saturated heterocycles. The molecule has 21 heavy (non-hydrogen) atoms. The Bertz CT molecular complexity index is 820. The molecule has 3 aromatic rings. The fourth-order valence-electron chi connectivity index (χ4n) is 2.50. The summed E-state index contributed by atoms with van der Waals surface area (Å²) >= 11 is 6.18. The van der Waals surface area contributed by atoms with Gasteiger partial charge in [0.05, 0.1) is 16.4 Å². The predicted molar refractivity (Wildman–Crippen MR) is 81.2 cm³/mol. The Kier molecular flexibility index (Phi) is 3.33. The zero-order chi connectivity index (χ0) is 15.1. The first kappa shape index (κ1) is 13.9. The fraction of sp³-hybridized carbons (Fsp3) is 0.286. The van der Waals surface area contributed by atoms with Gasteiger partial charge in [0.15, 0.2) is 5.65 Å². The van der Waals surface area contributed by atoms with Crippen LogP contribution in [0.5, 0.6) is 0 Å². The smallest absolute Gasteiger partial charge is 0.207 e. The average molecular weight is 308 g/mol. The van der Waals surface area contributed by atoms with Gasteiger partial charge in [-0.3, -0.25) is 4.57 Å². The molecule has 0 saturated carbocycles. The van der Waals surface area contributed by atoms with Crippen LogP contribution < -0.4 is 5.73 Å². The number of nitrogens with two attached hydrogens (primary N) is 1. The quantitative estimate of drug-likeness (QED) is 0.809. The molecule has 0 spiro atoms. The zero-order valence-corrected chi connectivity index (χ0v) is 12.5. The third-order valence-electron chi connectivity index (χ3n) is 3.37.